The fourth-order valence-corrected chi connectivity index (χ4v) is 3.84. The zero-order valence-corrected chi connectivity index (χ0v) is 15.8. The lowest BCUT2D eigenvalue weighted by Gasteiger charge is -2.42. The standard InChI is InChI=1S/C21H28FNO3/c1-4-5-15(3)26-19-7-6-16-9-18(14(2)8-17(16)10-19)11-23-12-21(22,13-23)20(24)25/h6-7,9-10,14-15H,4-5,8,11-13H2,1-3H3,(H,24,25)/t14-,15-/m0/s1. The Morgan fingerprint density at radius 2 is 2.19 bits per heavy atom. The van der Waals surface area contributed by atoms with E-state index in [4.69, 9.17) is 9.84 Å². The number of fused-ring (bicyclic) bond motifs is 1. The number of likely N-dealkylation sites (tertiary alicyclic amines) is 1. The van der Waals surface area contributed by atoms with Gasteiger partial charge >= 0.3 is 5.97 Å². The summed E-state index contributed by atoms with van der Waals surface area (Å²) in [5, 5.41) is 8.89. The van der Waals surface area contributed by atoms with Crippen molar-refractivity contribution >= 4 is 12.0 Å². The van der Waals surface area contributed by atoms with Crippen LogP contribution in [-0.2, 0) is 11.2 Å². The Morgan fingerprint density at radius 1 is 1.46 bits per heavy atom. The third kappa shape index (κ3) is 3.93. The normalized spacial score (nSPS) is 22.8. The third-order valence-corrected chi connectivity index (χ3v) is 5.38. The molecule has 26 heavy (non-hydrogen) atoms. The van der Waals surface area contributed by atoms with Gasteiger partial charge < -0.3 is 9.84 Å². The van der Waals surface area contributed by atoms with Crippen LogP contribution in [0.25, 0.3) is 6.08 Å². The molecule has 1 fully saturated rings. The molecule has 0 bridgehead atoms. The molecule has 3 rings (SSSR count). The van der Waals surface area contributed by atoms with Crippen LogP contribution in [0.2, 0.25) is 0 Å². The number of ether oxygens (including phenoxy) is 1. The number of hydrogen-bond acceptors (Lipinski definition) is 3. The highest BCUT2D eigenvalue weighted by molar-refractivity contribution is 5.79. The number of carbonyl (C=O) groups is 1. The van der Waals surface area contributed by atoms with E-state index < -0.39 is 11.6 Å². The molecule has 5 heteroatoms. The Labute approximate surface area is 154 Å². The van der Waals surface area contributed by atoms with Crippen molar-refractivity contribution in [3.63, 3.8) is 0 Å². The number of hydrogen-bond donors (Lipinski definition) is 1. The summed E-state index contributed by atoms with van der Waals surface area (Å²) in [4.78, 5) is 12.8. The molecular weight excluding hydrogens is 333 g/mol. The van der Waals surface area contributed by atoms with Gasteiger partial charge in [0.25, 0.3) is 0 Å². The highest BCUT2D eigenvalue weighted by atomic mass is 19.1. The van der Waals surface area contributed by atoms with Crippen LogP contribution in [-0.4, -0.2) is 47.4 Å². The van der Waals surface area contributed by atoms with Crippen LogP contribution in [0.4, 0.5) is 4.39 Å². The Hall–Kier alpha value is -1.88. The molecule has 0 radical (unpaired) electrons. The van der Waals surface area contributed by atoms with E-state index in [1.54, 1.807) is 0 Å². The van der Waals surface area contributed by atoms with Gasteiger partial charge in [0.1, 0.15) is 5.75 Å². The Balaban J connectivity index is 1.66. The Kier molecular flexibility index (Phi) is 5.37. The molecule has 4 nitrogen and oxygen atoms in total. The lowest BCUT2D eigenvalue weighted by molar-refractivity contribution is -0.163. The van der Waals surface area contributed by atoms with Crippen LogP contribution < -0.4 is 4.74 Å². The summed E-state index contributed by atoms with van der Waals surface area (Å²) in [6.45, 7) is 7.00. The van der Waals surface area contributed by atoms with Crippen LogP contribution in [0, 0.1) is 5.92 Å². The summed E-state index contributed by atoms with van der Waals surface area (Å²) >= 11 is 0. The zero-order valence-electron chi connectivity index (χ0n) is 15.8. The van der Waals surface area contributed by atoms with Gasteiger partial charge in [0.15, 0.2) is 0 Å². The topological polar surface area (TPSA) is 49.8 Å². The Bertz CT molecular complexity index is 709. The van der Waals surface area contributed by atoms with Crippen molar-refractivity contribution in [2.45, 2.75) is 51.8 Å². The fraction of sp³-hybridized carbons (Fsp3) is 0.571. The number of carboxylic acids is 1. The van der Waals surface area contributed by atoms with Gasteiger partial charge in [-0.05, 0) is 48.9 Å². The molecule has 0 spiro atoms. The molecule has 1 aliphatic heterocycles. The average Bonchev–Trinajstić information content (AvgIpc) is 2.54. The van der Waals surface area contributed by atoms with E-state index in [9.17, 15) is 9.18 Å². The van der Waals surface area contributed by atoms with Crippen LogP contribution in [0.1, 0.15) is 44.7 Å². The molecule has 2 atom stereocenters. The molecule has 1 saturated heterocycles. The molecule has 0 saturated carbocycles. The smallest absolute Gasteiger partial charge is 0.344 e. The second kappa shape index (κ2) is 7.39. The minimum atomic E-state index is -2.07. The second-order valence-electron chi connectivity index (χ2n) is 7.82. The lowest BCUT2D eigenvalue weighted by atomic mass is 9.83. The summed E-state index contributed by atoms with van der Waals surface area (Å²) in [5.41, 5.74) is 1.62. The SMILES string of the molecule is CCC[C@H](C)Oc1ccc2c(c1)C[C@H](C)C(CN1CC(F)(C(=O)O)C1)=C2. The highest BCUT2D eigenvalue weighted by Crippen LogP contribution is 2.34. The molecule has 1 aliphatic carbocycles. The number of rotatable bonds is 7. The van der Waals surface area contributed by atoms with Gasteiger partial charge in [-0.3, -0.25) is 4.90 Å². The van der Waals surface area contributed by atoms with Crippen LogP contribution in [0.15, 0.2) is 23.8 Å². The van der Waals surface area contributed by atoms with E-state index >= 15 is 0 Å². The molecule has 1 heterocycles. The number of benzene rings is 1. The third-order valence-electron chi connectivity index (χ3n) is 5.38. The van der Waals surface area contributed by atoms with Crippen molar-refractivity contribution in [2.24, 2.45) is 5.92 Å². The van der Waals surface area contributed by atoms with E-state index in [-0.39, 0.29) is 19.2 Å². The van der Waals surface area contributed by atoms with Gasteiger partial charge in [-0.1, -0.05) is 38.0 Å². The summed E-state index contributed by atoms with van der Waals surface area (Å²) in [6.07, 6.45) is 5.45. The maximum atomic E-state index is 13.9. The first-order chi connectivity index (χ1) is 12.3. The first-order valence-electron chi connectivity index (χ1n) is 9.45. The predicted molar refractivity (Wildman–Crippen MR) is 100 cm³/mol. The first kappa shape index (κ1) is 18.9. The van der Waals surface area contributed by atoms with Gasteiger partial charge in [0.05, 0.1) is 6.10 Å². The molecule has 1 N–H and O–H groups in total. The van der Waals surface area contributed by atoms with Crippen molar-refractivity contribution in [1.29, 1.82) is 0 Å². The number of halogens is 1. The monoisotopic (exact) mass is 361 g/mol. The Morgan fingerprint density at radius 3 is 2.85 bits per heavy atom. The molecule has 142 valence electrons. The molecule has 0 amide bonds. The quantitative estimate of drug-likeness (QED) is 0.799. The van der Waals surface area contributed by atoms with Crippen molar-refractivity contribution in [2.75, 3.05) is 19.6 Å². The number of carboxylic acid groups (broad SMARTS) is 1. The summed E-state index contributed by atoms with van der Waals surface area (Å²) in [7, 11) is 0. The van der Waals surface area contributed by atoms with Crippen LogP contribution in [0.5, 0.6) is 5.75 Å². The van der Waals surface area contributed by atoms with E-state index in [1.165, 1.54) is 16.7 Å². The summed E-state index contributed by atoms with van der Waals surface area (Å²) < 4.78 is 19.9. The summed E-state index contributed by atoms with van der Waals surface area (Å²) in [5.74, 6) is -0.0833. The van der Waals surface area contributed by atoms with E-state index in [2.05, 4.69) is 39.0 Å². The van der Waals surface area contributed by atoms with Crippen molar-refractivity contribution in [3.05, 3.63) is 34.9 Å². The van der Waals surface area contributed by atoms with Crippen LogP contribution in [0.3, 0.4) is 0 Å². The van der Waals surface area contributed by atoms with Crippen LogP contribution >= 0.6 is 0 Å². The predicted octanol–water partition coefficient (Wildman–Crippen LogP) is 3.94. The van der Waals surface area contributed by atoms with Crippen molar-refractivity contribution in [1.82, 2.24) is 4.90 Å². The van der Waals surface area contributed by atoms with Gasteiger partial charge in [-0.15, -0.1) is 0 Å². The molecule has 1 aromatic carbocycles. The van der Waals surface area contributed by atoms with Gasteiger partial charge in [-0.2, -0.15) is 0 Å². The highest BCUT2D eigenvalue weighted by Gasteiger charge is 2.50. The number of nitrogens with zero attached hydrogens (tertiary/aromatic N) is 1. The maximum Gasteiger partial charge on any atom is 0.344 e. The average molecular weight is 361 g/mol. The molecule has 1 aromatic rings. The molecule has 0 unspecified atom stereocenters. The number of alkyl halides is 1. The second-order valence-corrected chi connectivity index (χ2v) is 7.82. The first-order valence-corrected chi connectivity index (χ1v) is 9.45. The lowest BCUT2D eigenvalue weighted by Crippen LogP contribution is -2.63. The van der Waals surface area contributed by atoms with E-state index in [1.807, 2.05) is 11.0 Å². The van der Waals surface area contributed by atoms with Gasteiger partial charge in [0.2, 0.25) is 5.67 Å². The molecule has 2 aliphatic rings. The molecule has 0 aromatic heterocycles. The largest absolute Gasteiger partial charge is 0.491 e. The van der Waals surface area contributed by atoms with E-state index in [0.29, 0.717) is 12.5 Å². The van der Waals surface area contributed by atoms with Gasteiger partial charge in [-0.25, -0.2) is 9.18 Å². The summed E-state index contributed by atoms with van der Waals surface area (Å²) in [6, 6.07) is 6.23. The minimum absolute atomic E-state index is 0.0264. The number of aliphatic carboxylic acids is 1. The molecular formula is C21H28FNO3. The maximum absolute atomic E-state index is 13.9. The van der Waals surface area contributed by atoms with Crippen molar-refractivity contribution in [3.8, 4) is 5.75 Å². The minimum Gasteiger partial charge on any atom is -0.491 e. The van der Waals surface area contributed by atoms with Gasteiger partial charge in [0, 0.05) is 19.6 Å². The fourth-order valence-electron chi connectivity index (χ4n) is 3.84. The van der Waals surface area contributed by atoms with E-state index in [0.717, 1.165) is 25.0 Å². The van der Waals surface area contributed by atoms with Crippen molar-refractivity contribution < 1.29 is 19.0 Å². The zero-order chi connectivity index (χ0) is 18.9.